The quantitative estimate of drug-likeness (QED) is 0.505. The Morgan fingerprint density at radius 1 is 1.67 bits per heavy atom. The SMILES string of the molecule is C=CC1CN(C)CC1O. The highest BCUT2D eigenvalue weighted by Gasteiger charge is 2.25. The minimum atomic E-state index is -0.188. The number of likely N-dealkylation sites (tertiary alicyclic amines) is 1. The third-order valence-electron chi connectivity index (χ3n) is 1.82. The van der Waals surface area contributed by atoms with Gasteiger partial charge in [0.15, 0.2) is 0 Å². The number of hydrogen-bond donors (Lipinski definition) is 1. The van der Waals surface area contributed by atoms with Gasteiger partial charge in [-0.05, 0) is 7.05 Å². The Labute approximate surface area is 55.8 Å². The Morgan fingerprint density at radius 2 is 2.33 bits per heavy atom. The molecule has 0 saturated carbocycles. The van der Waals surface area contributed by atoms with Crippen LogP contribution in [0.5, 0.6) is 0 Å². The van der Waals surface area contributed by atoms with Crippen molar-refractivity contribution in [1.29, 1.82) is 0 Å². The fourth-order valence-corrected chi connectivity index (χ4v) is 1.24. The van der Waals surface area contributed by atoms with Gasteiger partial charge in [0.05, 0.1) is 6.10 Å². The van der Waals surface area contributed by atoms with Gasteiger partial charge >= 0.3 is 0 Å². The van der Waals surface area contributed by atoms with Gasteiger partial charge < -0.3 is 10.0 Å². The average Bonchev–Trinajstić information content (AvgIpc) is 2.10. The molecule has 1 aliphatic rings. The molecule has 0 aliphatic carbocycles. The van der Waals surface area contributed by atoms with E-state index in [0.717, 1.165) is 13.1 Å². The number of aliphatic hydroxyl groups excluding tert-OH is 1. The molecule has 2 unspecified atom stereocenters. The highest BCUT2D eigenvalue weighted by Crippen LogP contribution is 2.15. The van der Waals surface area contributed by atoms with Crippen molar-refractivity contribution in [1.82, 2.24) is 4.90 Å². The van der Waals surface area contributed by atoms with E-state index in [9.17, 15) is 5.11 Å². The largest absolute Gasteiger partial charge is 0.391 e. The second-order valence-electron chi connectivity index (χ2n) is 2.69. The van der Waals surface area contributed by atoms with Crippen molar-refractivity contribution >= 4 is 0 Å². The summed E-state index contributed by atoms with van der Waals surface area (Å²) in [4.78, 5) is 2.11. The van der Waals surface area contributed by atoms with E-state index in [-0.39, 0.29) is 12.0 Å². The van der Waals surface area contributed by atoms with Crippen molar-refractivity contribution in [2.75, 3.05) is 20.1 Å². The summed E-state index contributed by atoms with van der Waals surface area (Å²) in [6.45, 7) is 5.38. The molecular formula is C7H13NO. The summed E-state index contributed by atoms with van der Waals surface area (Å²) in [7, 11) is 2.01. The lowest BCUT2D eigenvalue weighted by Gasteiger charge is -2.04. The normalized spacial score (nSPS) is 37.1. The number of rotatable bonds is 1. The number of β-amino-alcohol motifs (C(OH)–C–C–N with tert-alkyl or cyclic N) is 1. The van der Waals surface area contributed by atoms with Gasteiger partial charge in [-0.15, -0.1) is 6.58 Å². The maximum absolute atomic E-state index is 9.25. The zero-order valence-electron chi connectivity index (χ0n) is 5.75. The molecule has 1 N–H and O–H groups in total. The van der Waals surface area contributed by atoms with Gasteiger partial charge in [-0.2, -0.15) is 0 Å². The summed E-state index contributed by atoms with van der Waals surface area (Å²) in [5.74, 6) is 0.287. The third kappa shape index (κ3) is 1.32. The molecule has 1 rings (SSSR count). The zero-order chi connectivity index (χ0) is 6.85. The van der Waals surface area contributed by atoms with Crippen LogP contribution in [0, 0.1) is 5.92 Å². The van der Waals surface area contributed by atoms with Gasteiger partial charge in [-0.3, -0.25) is 0 Å². The molecule has 0 spiro atoms. The summed E-state index contributed by atoms with van der Waals surface area (Å²) in [6, 6.07) is 0. The van der Waals surface area contributed by atoms with Crippen LogP contribution in [0.3, 0.4) is 0 Å². The van der Waals surface area contributed by atoms with E-state index < -0.39 is 0 Å². The highest BCUT2D eigenvalue weighted by molar-refractivity contribution is 4.92. The Balaban J connectivity index is 2.47. The Hall–Kier alpha value is -0.340. The molecule has 0 aromatic heterocycles. The molecule has 2 nitrogen and oxygen atoms in total. The van der Waals surface area contributed by atoms with Crippen LogP contribution in [0.1, 0.15) is 0 Å². The number of hydrogen-bond acceptors (Lipinski definition) is 2. The van der Waals surface area contributed by atoms with E-state index in [0.29, 0.717) is 0 Å². The minimum absolute atomic E-state index is 0.188. The summed E-state index contributed by atoms with van der Waals surface area (Å²) in [5, 5.41) is 9.25. The van der Waals surface area contributed by atoms with Crippen LogP contribution in [0.4, 0.5) is 0 Å². The molecule has 1 heterocycles. The first-order valence-electron chi connectivity index (χ1n) is 3.23. The molecule has 9 heavy (non-hydrogen) atoms. The highest BCUT2D eigenvalue weighted by atomic mass is 16.3. The molecule has 1 aliphatic heterocycles. The molecule has 52 valence electrons. The fourth-order valence-electron chi connectivity index (χ4n) is 1.24. The molecule has 0 amide bonds. The summed E-state index contributed by atoms with van der Waals surface area (Å²) >= 11 is 0. The molecule has 0 aromatic carbocycles. The van der Waals surface area contributed by atoms with E-state index in [1.807, 2.05) is 13.1 Å². The molecule has 2 atom stereocenters. The summed E-state index contributed by atoms with van der Waals surface area (Å²) in [6.07, 6.45) is 1.64. The fraction of sp³-hybridized carbons (Fsp3) is 0.714. The first kappa shape index (κ1) is 6.78. The number of aliphatic hydroxyl groups is 1. The van der Waals surface area contributed by atoms with Crippen LogP contribution in [-0.2, 0) is 0 Å². The van der Waals surface area contributed by atoms with Crippen molar-refractivity contribution in [3.05, 3.63) is 12.7 Å². The monoisotopic (exact) mass is 127 g/mol. The van der Waals surface area contributed by atoms with Crippen molar-refractivity contribution in [3.8, 4) is 0 Å². The van der Waals surface area contributed by atoms with Crippen molar-refractivity contribution in [3.63, 3.8) is 0 Å². The maximum Gasteiger partial charge on any atom is 0.0741 e. The van der Waals surface area contributed by atoms with E-state index in [1.165, 1.54) is 0 Å². The average molecular weight is 127 g/mol. The summed E-state index contributed by atoms with van der Waals surface area (Å²) < 4.78 is 0. The molecule has 0 aromatic rings. The summed E-state index contributed by atoms with van der Waals surface area (Å²) in [5.41, 5.74) is 0. The Morgan fingerprint density at radius 3 is 2.56 bits per heavy atom. The topological polar surface area (TPSA) is 23.5 Å². The predicted octanol–water partition coefficient (Wildman–Crippen LogP) is 0.0949. The zero-order valence-corrected chi connectivity index (χ0v) is 5.75. The second kappa shape index (κ2) is 2.50. The molecule has 0 radical (unpaired) electrons. The Kier molecular flexibility index (Phi) is 1.88. The van der Waals surface area contributed by atoms with Gasteiger partial charge in [0.2, 0.25) is 0 Å². The number of nitrogens with zero attached hydrogens (tertiary/aromatic N) is 1. The van der Waals surface area contributed by atoms with Crippen LogP contribution in [0.25, 0.3) is 0 Å². The van der Waals surface area contributed by atoms with Crippen molar-refractivity contribution in [2.24, 2.45) is 5.92 Å². The molecule has 2 heteroatoms. The first-order valence-corrected chi connectivity index (χ1v) is 3.23. The lowest BCUT2D eigenvalue weighted by Crippen LogP contribution is -2.16. The van der Waals surface area contributed by atoms with Gasteiger partial charge in [-0.25, -0.2) is 0 Å². The second-order valence-corrected chi connectivity index (χ2v) is 2.69. The number of likely N-dealkylation sites (N-methyl/N-ethyl adjacent to an activating group) is 1. The van der Waals surface area contributed by atoms with Crippen LogP contribution >= 0.6 is 0 Å². The lowest BCUT2D eigenvalue weighted by atomic mass is 10.1. The molecule has 1 fully saturated rings. The Bertz CT molecular complexity index is 113. The third-order valence-corrected chi connectivity index (χ3v) is 1.82. The standard InChI is InChI=1S/C7H13NO/c1-3-6-4-8(2)5-7(6)9/h3,6-7,9H,1,4-5H2,2H3. The van der Waals surface area contributed by atoms with Crippen LogP contribution < -0.4 is 0 Å². The van der Waals surface area contributed by atoms with Gasteiger partial charge in [-0.1, -0.05) is 6.08 Å². The molecular weight excluding hydrogens is 114 g/mol. The minimum Gasteiger partial charge on any atom is -0.391 e. The smallest absolute Gasteiger partial charge is 0.0741 e. The lowest BCUT2D eigenvalue weighted by molar-refractivity contribution is 0.160. The molecule has 1 saturated heterocycles. The van der Waals surface area contributed by atoms with Crippen LogP contribution in [0.2, 0.25) is 0 Å². The van der Waals surface area contributed by atoms with E-state index >= 15 is 0 Å². The van der Waals surface area contributed by atoms with E-state index in [4.69, 9.17) is 0 Å². The van der Waals surface area contributed by atoms with E-state index in [1.54, 1.807) is 0 Å². The van der Waals surface area contributed by atoms with Gasteiger partial charge in [0.25, 0.3) is 0 Å². The van der Waals surface area contributed by atoms with Crippen molar-refractivity contribution < 1.29 is 5.11 Å². The van der Waals surface area contributed by atoms with Crippen LogP contribution in [0.15, 0.2) is 12.7 Å². The molecule has 0 bridgehead atoms. The van der Waals surface area contributed by atoms with Gasteiger partial charge in [0, 0.05) is 19.0 Å². The van der Waals surface area contributed by atoms with E-state index in [2.05, 4.69) is 11.5 Å². The predicted molar refractivity (Wildman–Crippen MR) is 37.2 cm³/mol. The van der Waals surface area contributed by atoms with Crippen molar-refractivity contribution in [2.45, 2.75) is 6.10 Å². The maximum atomic E-state index is 9.25. The van der Waals surface area contributed by atoms with Gasteiger partial charge in [0.1, 0.15) is 0 Å². The first-order chi connectivity index (χ1) is 4.24. The van der Waals surface area contributed by atoms with Crippen LogP contribution in [-0.4, -0.2) is 36.2 Å².